The smallest absolute Gasteiger partial charge is 0.324 e. The van der Waals surface area contributed by atoms with Crippen molar-refractivity contribution in [2.45, 2.75) is 13.8 Å². The third-order valence-electron chi connectivity index (χ3n) is 6.87. The van der Waals surface area contributed by atoms with E-state index in [1.54, 1.807) is 52.5 Å². The molecule has 50 heavy (non-hydrogen) atoms. The van der Waals surface area contributed by atoms with E-state index in [-0.39, 0.29) is 44.9 Å². The highest BCUT2D eigenvalue weighted by Crippen LogP contribution is 2.29. The number of nitrogens with zero attached hydrogens (tertiary/aromatic N) is 6. The Morgan fingerprint density at radius 3 is 1.62 bits per heavy atom. The number of halogens is 6. The molecule has 0 aliphatic carbocycles. The molecule has 0 spiro atoms. The van der Waals surface area contributed by atoms with E-state index >= 15 is 0 Å². The zero-order chi connectivity index (χ0) is 36.3. The maximum absolute atomic E-state index is 13.7. The maximum Gasteiger partial charge on any atom is 0.324 e. The van der Waals surface area contributed by atoms with Crippen molar-refractivity contribution in [2.24, 2.45) is 14.1 Å². The first kappa shape index (κ1) is 35.7. The Hall–Kier alpha value is -5.60. The molecule has 0 N–H and O–H groups in total. The van der Waals surface area contributed by atoms with E-state index < -0.39 is 23.3 Å². The fraction of sp³-hybridized carbons (Fsp3) is 0.118. The van der Waals surface area contributed by atoms with E-state index in [9.17, 15) is 27.2 Å². The van der Waals surface area contributed by atoms with Gasteiger partial charge in [0.2, 0.25) is 11.2 Å². The zero-order valence-corrected chi connectivity index (χ0v) is 28.0. The minimum Gasteiger partial charge on any atom is -0.436 e. The van der Waals surface area contributed by atoms with Crippen molar-refractivity contribution in [3.63, 3.8) is 0 Å². The second kappa shape index (κ2) is 14.9. The molecule has 0 bridgehead atoms. The van der Waals surface area contributed by atoms with Crippen LogP contribution in [0.1, 0.15) is 11.1 Å². The maximum atomic E-state index is 13.7. The second-order valence-electron chi connectivity index (χ2n) is 10.7. The lowest BCUT2D eigenvalue weighted by Gasteiger charge is -2.09. The van der Waals surface area contributed by atoms with E-state index in [0.29, 0.717) is 45.8 Å². The molecule has 0 saturated carbocycles. The van der Waals surface area contributed by atoms with Crippen LogP contribution in [-0.2, 0) is 14.1 Å². The number of ether oxygens (including phenoxy) is 2. The standard InChI is InChI=1S/2C17H12ClF2N3O2/c1-9-5-10(8-23(2)16(9)24)13-7-15(22-17(18)21-13)25-14-4-3-11(19)6-12(14)20;1-9-5-10(8-23(2)16(9)24)13-7-15(18)22-17(21-13)25-14-4-3-11(19)6-12(14)20/h2*3-8H,1-2H3. The monoisotopic (exact) mass is 726 g/mol. The molecular weight excluding hydrogens is 703 g/mol. The van der Waals surface area contributed by atoms with Crippen LogP contribution in [0.2, 0.25) is 10.4 Å². The van der Waals surface area contributed by atoms with Crippen LogP contribution in [0.5, 0.6) is 23.4 Å². The molecule has 0 atom stereocenters. The van der Waals surface area contributed by atoms with Crippen molar-refractivity contribution in [1.82, 2.24) is 29.1 Å². The molecule has 4 heterocycles. The Balaban J connectivity index is 0.000000194. The van der Waals surface area contributed by atoms with Crippen LogP contribution in [-0.4, -0.2) is 29.1 Å². The highest BCUT2D eigenvalue weighted by atomic mass is 35.5. The summed E-state index contributed by atoms with van der Waals surface area (Å²) in [6.45, 7) is 3.36. The topological polar surface area (TPSA) is 114 Å². The molecule has 256 valence electrons. The van der Waals surface area contributed by atoms with Crippen molar-refractivity contribution in [1.29, 1.82) is 0 Å². The van der Waals surface area contributed by atoms with Crippen LogP contribution in [0.4, 0.5) is 17.6 Å². The summed E-state index contributed by atoms with van der Waals surface area (Å²) in [5.41, 5.74) is 2.83. The lowest BCUT2D eigenvalue weighted by molar-refractivity contribution is 0.408. The van der Waals surface area contributed by atoms with E-state index in [4.69, 9.17) is 32.7 Å². The first-order valence-electron chi connectivity index (χ1n) is 14.4. The van der Waals surface area contributed by atoms with Crippen LogP contribution in [0.25, 0.3) is 22.5 Å². The van der Waals surface area contributed by atoms with Gasteiger partial charge in [-0.05, 0) is 61.8 Å². The van der Waals surface area contributed by atoms with Gasteiger partial charge in [-0.2, -0.15) is 15.0 Å². The van der Waals surface area contributed by atoms with E-state index in [0.717, 1.165) is 24.3 Å². The van der Waals surface area contributed by atoms with Gasteiger partial charge in [0.1, 0.15) is 16.8 Å². The molecule has 0 unspecified atom stereocenters. The number of aryl methyl sites for hydroxylation is 4. The zero-order valence-electron chi connectivity index (χ0n) is 26.5. The summed E-state index contributed by atoms with van der Waals surface area (Å²) < 4.78 is 66.8. The number of hydrogen-bond donors (Lipinski definition) is 0. The Bertz CT molecular complexity index is 2150. The summed E-state index contributed by atoms with van der Waals surface area (Å²) in [4.78, 5) is 39.6. The van der Waals surface area contributed by atoms with Gasteiger partial charge in [0, 0.05) is 73.0 Å². The summed E-state index contributed by atoms with van der Waals surface area (Å²) in [6.07, 6.45) is 3.19. The summed E-state index contributed by atoms with van der Waals surface area (Å²) in [5, 5.41) is -0.0319. The molecule has 6 rings (SSSR count). The van der Waals surface area contributed by atoms with E-state index in [1.807, 2.05) is 0 Å². The van der Waals surface area contributed by atoms with Gasteiger partial charge in [-0.15, -0.1) is 0 Å². The number of pyridine rings is 2. The number of aromatic nitrogens is 6. The minimum atomic E-state index is -0.886. The van der Waals surface area contributed by atoms with Crippen LogP contribution in [0.3, 0.4) is 0 Å². The predicted octanol–water partition coefficient (Wildman–Crippen LogP) is 7.75. The van der Waals surface area contributed by atoms with Gasteiger partial charge in [0.05, 0.1) is 11.4 Å². The highest BCUT2D eigenvalue weighted by molar-refractivity contribution is 6.29. The molecule has 6 aromatic rings. The summed E-state index contributed by atoms with van der Waals surface area (Å²) in [7, 11) is 3.24. The van der Waals surface area contributed by atoms with Gasteiger partial charge in [-0.3, -0.25) is 9.59 Å². The minimum absolute atomic E-state index is 0.00739. The van der Waals surface area contributed by atoms with Crippen molar-refractivity contribution < 1.29 is 27.0 Å². The predicted molar refractivity (Wildman–Crippen MR) is 178 cm³/mol. The molecule has 10 nitrogen and oxygen atoms in total. The van der Waals surface area contributed by atoms with Gasteiger partial charge in [0.15, 0.2) is 23.1 Å². The molecule has 0 aliphatic rings. The highest BCUT2D eigenvalue weighted by Gasteiger charge is 2.14. The summed E-state index contributed by atoms with van der Waals surface area (Å²) >= 11 is 11.9. The Kier molecular flexibility index (Phi) is 10.6. The summed E-state index contributed by atoms with van der Waals surface area (Å²) in [6, 6.07) is 11.9. The van der Waals surface area contributed by atoms with Gasteiger partial charge in [0.25, 0.3) is 11.1 Å². The molecule has 0 saturated heterocycles. The van der Waals surface area contributed by atoms with Gasteiger partial charge >= 0.3 is 6.01 Å². The van der Waals surface area contributed by atoms with Crippen molar-refractivity contribution in [3.05, 3.63) is 139 Å². The Morgan fingerprint density at radius 2 is 1.12 bits per heavy atom. The normalized spacial score (nSPS) is 10.8. The van der Waals surface area contributed by atoms with Gasteiger partial charge in [-0.25, -0.2) is 22.5 Å². The fourth-order valence-electron chi connectivity index (χ4n) is 4.55. The Morgan fingerprint density at radius 1 is 0.620 bits per heavy atom. The molecular formula is C34H24Cl2F4N6O4. The molecule has 2 aromatic carbocycles. The number of benzene rings is 2. The summed E-state index contributed by atoms with van der Waals surface area (Å²) in [5.74, 6) is -3.63. The third-order valence-corrected chi connectivity index (χ3v) is 7.23. The number of hydrogen-bond acceptors (Lipinski definition) is 8. The Labute approximate surface area is 291 Å². The van der Waals surface area contributed by atoms with Crippen LogP contribution < -0.4 is 20.6 Å². The molecule has 0 aliphatic heterocycles. The quantitative estimate of drug-likeness (QED) is 0.0973. The van der Waals surface area contributed by atoms with E-state index in [2.05, 4.69) is 19.9 Å². The first-order valence-corrected chi connectivity index (χ1v) is 15.1. The molecule has 0 amide bonds. The molecule has 0 fully saturated rings. The van der Waals surface area contributed by atoms with Gasteiger partial charge < -0.3 is 18.6 Å². The largest absolute Gasteiger partial charge is 0.436 e. The van der Waals surface area contributed by atoms with Crippen molar-refractivity contribution >= 4 is 23.2 Å². The third kappa shape index (κ3) is 8.51. The van der Waals surface area contributed by atoms with Crippen LogP contribution in [0.15, 0.2) is 82.6 Å². The first-order chi connectivity index (χ1) is 23.7. The van der Waals surface area contributed by atoms with Gasteiger partial charge in [-0.1, -0.05) is 11.6 Å². The SMILES string of the molecule is Cc1cc(-c2cc(Cl)nc(Oc3ccc(F)cc3F)n2)cn(C)c1=O.Cc1cc(-c2cc(Oc3ccc(F)cc3F)nc(Cl)n2)cn(C)c1=O. The lowest BCUT2D eigenvalue weighted by Crippen LogP contribution is -2.18. The van der Waals surface area contributed by atoms with E-state index in [1.165, 1.54) is 21.3 Å². The van der Waals surface area contributed by atoms with Crippen molar-refractivity contribution in [3.8, 4) is 45.9 Å². The van der Waals surface area contributed by atoms with Crippen LogP contribution in [0, 0.1) is 37.1 Å². The van der Waals surface area contributed by atoms with Crippen LogP contribution >= 0.6 is 23.2 Å². The average molecular weight is 728 g/mol. The average Bonchev–Trinajstić information content (AvgIpc) is 3.04. The van der Waals surface area contributed by atoms with Crippen molar-refractivity contribution in [2.75, 3.05) is 0 Å². The molecule has 16 heteroatoms. The lowest BCUT2D eigenvalue weighted by atomic mass is 10.1. The number of rotatable bonds is 6. The molecule has 0 radical (unpaired) electrons. The fourth-order valence-corrected chi connectivity index (χ4v) is 4.90. The molecule has 4 aromatic heterocycles. The second-order valence-corrected chi connectivity index (χ2v) is 11.5.